The SMILES string of the molecule is O=C(CSc1n[nH]c([C@H]2CCCO2)n1)Nc1cc(F)cc(F)c1. The van der Waals surface area contributed by atoms with Crippen LogP contribution in [-0.2, 0) is 9.53 Å². The van der Waals surface area contributed by atoms with Gasteiger partial charge in [0.25, 0.3) is 0 Å². The number of hydrogen-bond donors (Lipinski definition) is 2. The van der Waals surface area contributed by atoms with E-state index < -0.39 is 17.5 Å². The minimum atomic E-state index is -0.747. The molecule has 23 heavy (non-hydrogen) atoms. The summed E-state index contributed by atoms with van der Waals surface area (Å²) in [5.41, 5.74) is 0.0723. The van der Waals surface area contributed by atoms with Gasteiger partial charge in [0.1, 0.15) is 17.7 Å². The number of nitrogens with one attached hydrogen (secondary N) is 2. The molecule has 1 aliphatic rings. The molecule has 3 rings (SSSR count). The Balaban J connectivity index is 1.52. The predicted molar refractivity (Wildman–Crippen MR) is 80.0 cm³/mol. The fourth-order valence-electron chi connectivity index (χ4n) is 2.21. The second-order valence-electron chi connectivity index (χ2n) is 5.00. The van der Waals surface area contributed by atoms with Gasteiger partial charge in [0.15, 0.2) is 5.82 Å². The number of halogens is 2. The van der Waals surface area contributed by atoms with Crippen LogP contribution in [0.1, 0.15) is 24.8 Å². The Kier molecular flexibility index (Phi) is 4.87. The monoisotopic (exact) mass is 340 g/mol. The number of carbonyl (C=O) groups excluding carboxylic acids is 1. The number of hydrogen-bond acceptors (Lipinski definition) is 5. The van der Waals surface area contributed by atoms with E-state index in [1.807, 2.05) is 0 Å². The lowest BCUT2D eigenvalue weighted by Gasteiger charge is -2.04. The number of H-pyrrole nitrogens is 1. The van der Waals surface area contributed by atoms with Crippen molar-refractivity contribution in [1.82, 2.24) is 15.2 Å². The predicted octanol–water partition coefficient (Wildman–Crippen LogP) is 2.67. The maximum Gasteiger partial charge on any atom is 0.234 e. The van der Waals surface area contributed by atoms with Crippen LogP contribution in [0, 0.1) is 11.6 Å². The molecular weight excluding hydrogens is 326 g/mol. The van der Waals surface area contributed by atoms with Gasteiger partial charge < -0.3 is 10.1 Å². The van der Waals surface area contributed by atoms with Crippen molar-refractivity contribution in [1.29, 1.82) is 0 Å². The molecule has 2 aromatic rings. The third-order valence-corrected chi connectivity index (χ3v) is 4.04. The van der Waals surface area contributed by atoms with E-state index in [4.69, 9.17) is 4.74 Å². The molecule has 0 unspecified atom stereocenters. The third kappa shape index (κ3) is 4.26. The molecular formula is C14H14F2N4O2S. The summed E-state index contributed by atoms with van der Waals surface area (Å²) in [5, 5.41) is 9.67. The molecule has 6 nitrogen and oxygen atoms in total. The zero-order valence-corrected chi connectivity index (χ0v) is 12.8. The fourth-order valence-corrected chi connectivity index (χ4v) is 2.82. The van der Waals surface area contributed by atoms with Crippen LogP contribution >= 0.6 is 11.8 Å². The van der Waals surface area contributed by atoms with Crippen LogP contribution in [-0.4, -0.2) is 33.4 Å². The van der Waals surface area contributed by atoms with E-state index in [-0.39, 0.29) is 17.5 Å². The van der Waals surface area contributed by atoms with Crippen molar-refractivity contribution in [2.45, 2.75) is 24.1 Å². The van der Waals surface area contributed by atoms with E-state index >= 15 is 0 Å². The van der Waals surface area contributed by atoms with Crippen LogP contribution in [0.2, 0.25) is 0 Å². The molecule has 1 fully saturated rings. The first-order chi connectivity index (χ1) is 11.1. The second-order valence-corrected chi connectivity index (χ2v) is 5.94. The van der Waals surface area contributed by atoms with Crippen molar-refractivity contribution in [3.8, 4) is 0 Å². The molecule has 9 heteroatoms. The molecule has 1 amide bonds. The van der Waals surface area contributed by atoms with Crippen LogP contribution < -0.4 is 5.32 Å². The summed E-state index contributed by atoms with van der Waals surface area (Å²) in [6, 6.07) is 2.84. The summed E-state index contributed by atoms with van der Waals surface area (Å²) in [4.78, 5) is 16.1. The standard InChI is InChI=1S/C14H14F2N4O2S/c15-8-4-9(16)6-10(5-8)17-12(21)7-23-14-18-13(19-20-14)11-2-1-3-22-11/h4-6,11H,1-3,7H2,(H,17,21)(H,18,19,20)/t11-/m1/s1. The molecule has 122 valence electrons. The van der Waals surface area contributed by atoms with Gasteiger partial charge in [0.05, 0.1) is 5.75 Å². The maximum absolute atomic E-state index is 13.0. The number of aromatic nitrogens is 3. The highest BCUT2D eigenvalue weighted by atomic mass is 32.2. The summed E-state index contributed by atoms with van der Waals surface area (Å²) in [6.07, 6.45) is 1.81. The van der Waals surface area contributed by atoms with Gasteiger partial charge in [-0.3, -0.25) is 9.89 Å². The number of thioether (sulfide) groups is 1. The number of aromatic amines is 1. The van der Waals surface area contributed by atoms with E-state index in [1.54, 1.807) is 0 Å². The number of nitrogens with zero attached hydrogens (tertiary/aromatic N) is 2. The molecule has 0 saturated carbocycles. The number of rotatable bonds is 5. The van der Waals surface area contributed by atoms with Gasteiger partial charge in [-0.15, -0.1) is 5.10 Å². The van der Waals surface area contributed by atoms with Gasteiger partial charge in [-0.05, 0) is 25.0 Å². The summed E-state index contributed by atoms with van der Waals surface area (Å²) in [6.45, 7) is 0.709. The van der Waals surface area contributed by atoms with Gasteiger partial charge in [-0.25, -0.2) is 13.8 Å². The molecule has 1 atom stereocenters. The van der Waals surface area contributed by atoms with Crippen molar-refractivity contribution < 1.29 is 18.3 Å². The average Bonchev–Trinajstić information content (AvgIpc) is 3.15. The Labute approximate surface area is 135 Å². The minimum absolute atomic E-state index is 0.0287. The minimum Gasteiger partial charge on any atom is -0.370 e. The molecule has 2 N–H and O–H groups in total. The second kappa shape index (κ2) is 7.05. The number of benzene rings is 1. The van der Waals surface area contributed by atoms with Crippen LogP contribution in [0.5, 0.6) is 0 Å². The van der Waals surface area contributed by atoms with E-state index in [1.165, 1.54) is 0 Å². The zero-order chi connectivity index (χ0) is 16.2. The van der Waals surface area contributed by atoms with Crippen molar-refractivity contribution in [2.75, 3.05) is 17.7 Å². The largest absolute Gasteiger partial charge is 0.370 e. The molecule has 0 aliphatic carbocycles. The third-order valence-electron chi connectivity index (χ3n) is 3.20. The Morgan fingerprint density at radius 2 is 2.17 bits per heavy atom. The van der Waals surface area contributed by atoms with Crippen molar-refractivity contribution in [3.05, 3.63) is 35.7 Å². The van der Waals surface area contributed by atoms with E-state index in [0.717, 1.165) is 42.8 Å². The Morgan fingerprint density at radius 1 is 1.39 bits per heavy atom. The summed E-state index contributed by atoms with van der Waals surface area (Å²) < 4.78 is 31.6. The number of amides is 1. The quantitative estimate of drug-likeness (QED) is 0.818. The molecule has 1 saturated heterocycles. The first kappa shape index (κ1) is 15.9. The molecule has 2 heterocycles. The van der Waals surface area contributed by atoms with E-state index in [0.29, 0.717) is 17.6 Å². The summed E-state index contributed by atoms with van der Waals surface area (Å²) >= 11 is 1.13. The molecule has 0 spiro atoms. The van der Waals surface area contributed by atoms with Crippen molar-refractivity contribution in [2.24, 2.45) is 0 Å². The highest BCUT2D eigenvalue weighted by molar-refractivity contribution is 7.99. The number of carbonyl (C=O) groups is 1. The Hall–Kier alpha value is -2.00. The molecule has 1 aromatic heterocycles. The Bertz CT molecular complexity index is 684. The lowest BCUT2D eigenvalue weighted by molar-refractivity contribution is -0.113. The average molecular weight is 340 g/mol. The van der Waals surface area contributed by atoms with Gasteiger partial charge in [-0.2, -0.15) is 0 Å². The van der Waals surface area contributed by atoms with Crippen molar-refractivity contribution in [3.63, 3.8) is 0 Å². The molecule has 0 radical (unpaired) electrons. The van der Waals surface area contributed by atoms with Crippen molar-refractivity contribution >= 4 is 23.4 Å². The molecule has 0 bridgehead atoms. The number of ether oxygens (including phenoxy) is 1. The highest BCUT2D eigenvalue weighted by Crippen LogP contribution is 2.27. The normalized spacial score (nSPS) is 17.4. The van der Waals surface area contributed by atoms with Crippen LogP contribution in [0.25, 0.3) is 0 Å². The number of anilines is 1. The van der Waals surface area contributed by atoms with Gasteiger partial charge >= 0.3 is 0 Å². The topological polar surface area (TPSA) is 79.9 Å². The lowest BCUT2D eigenvalue weighted by Crippen LogP contribution is -2.14. The van der Waals surface area contributed by atoms with Crippen LogP contribution in [0.3, 0.4) is 0 Å². The molecule has 1 aliphatic heterocycles. The highest BCUT2D eigenvalue weighted by Gasteiger charge is 2.21. The smallest absolute Gasteiger partial charge is 0.234 e. The fraction of sp³-hybridized carbons (Fsp3) is 0.357. The van der Waals surface area contributed by atoms with E-state index in [9.17, 15) is 13.6 Å². The lowest BCUT2D eigenvalue weighted by atomic mass is 10.2. The van der Waals surface area contributed by atoms with E-state index in [2.05, 4.69) is 20.5 Å². The van der Waals surface area contributed by atoms with Gasteiger partial charge in [0, 0.05) is 18.4 Å². The maximum atomic E-state index is 13.0. The Morgan fingerprint density at radius 3 is 2.87 bits per heavy atom. The first-order valence-corrected chi connectivity index (χ1v) is 8.01. The van der Waals surface area contributed by atoms with Gasteiger partial charge in [-0.1, -0.05) is 11.8 Å². The summed E-state index contributed by atoms with van der Waals surface area (Å²) in [7, 11) is 0. The first-order valence-electron chi connectivity index (χ1n) is 7.03. The van der Waals surface area contributed by atoms with Crippen LogP contribution in [0.15, 0.2) is 23.4 Å². The zero-order valence-electron chi connectivity index (χ0n) is 12.0. The van der Waals surface area contributed by atoms with Gasteiger partial charge in [0.2, 0.25) is 11.1 Å². The summed E-state index contributed by atoms with van der Waals surface area (Å²) in [5.74, 6) is -1.21. The van der Waals surface area contributed by atoms with Crippen LogP contribution in [0.4, 0.5) is 14.5 Å². The molecule has 1 aromatic carbocycles.